The molecule has 0 amide bonds. The van der Waals surface area contributed by atoms with Gasteiger partial charge >= 0.3 is 0 Å². The SMILES string of the molecule is CC(C)C(N)C#Cc1cccc2ncccc12. The summed E-state index contributed by atoms with van der Waals surface area (Å²) < 4.78 is 0. The minimum absolute atomic E-state index is 0.0815. The Kier molecular flexibility index (Phi) is 3.41. The summed E-state index contributed by atoms with van der Waals surface area (Å²) >= 11 is 0. The van der Waals surface area contributed by atoms with Crippen LogP contribution in [0.1, 0.15) is 19.4 Å². The Labute approximate surface area is 102 Å². The van der Waals surface area contributed by atoms with Crippen LogP contribution in [0.4, 0.5) is 0 Å². The molecule has 2 aromatic rings. The van der Waals surface area contributed by atoms with Crippen LogP contribution in [-0.4, -0.2) is 11.0 Å². The molecule has 1 aromatic carbocycles. The zero-order chi connectivity index (χ0) is 12.3. The van der Waals surface area contributed by atoms with Gasteiger partial charge in [-0.3, -0.25) is 4.98 Å². The van der Waals surface area contributed by atoms with E-state index in [1.165, 1.54) is 0 Å². The van der Waals surface area contributed by atoms with Gasteiger partial charge in [0, 0.05) is 17.1 Å². The van der Waals surface area contributed by atoms with Gasteiger partial charge in [-0.05, 0) is 24.1 Å². The molecule has 2 heteroatoms. The second kappa shape index (κ2) is 4.99. The fourth-order valence-electron chi connectivity index (χ4n) is 1.54. The highest BCUT2D eigenvalue weighted by Gasteiger charge is 2.03. The van der Waals surface area contributed by atoms with Crippen molar-refractivity contribution in [2.24, 2.45) is 11.7 Å². The predicted octanol–water partition coefficient (Wildman–Crippen LogP) is 2.57. The first-order valence-electron chi connectivity index (χ1n) is 5.79. The Balaban J connectivity index is 2.43. The molecule has 1 atom stereocenters. The zero-order valence-corrected chi connectivity index (χ0v) is 10.1. The van der Waals surface area contributed by atoms with Crippen molar-refractivity contribution in [1.82, 2.24) is 4.98 Å². The Morgan fingerprint density at radius 2 is 2.00 bits per heavy atom. The van der Waals surface area contributed by atoms with E-state index in [-0.39, 0.29) is 6.04 Å². The highest BCUT2D eigenvalue weighted by atomic mass is 14.6. The molecule has 0 aliphatic heterocycles. The molecule has 17 heavy (non-hydrogen) atoms. The average molecular weight is 224 g/mol. The van der Waals surface area contributed by atoms with Crippen molar-refractivity contribution in [1.29, 1.82) is 0 Å². The van der Waals surface area contributed by atoms with E-state index in [0.29, 0.717) is 5.92 Å². The molecule has 86 valence electrons. The third-order valence-electron chi connectivity index (χ3n) is 2.74. The standard InChI is InChI=1S/C15H16N2/c1-11(2)14(16)9-8-12-5-3-7-15-13(12)6-4-10-17-15/h3-7,10-11,14H,16H2,1-2H3. The third-order valence-corrected chi connectivity index (χ3v) is 2.74. The number of hydrogen-bond donors (Lipinski definition) is 1. The molecule has 0 saturated carbocycles. The van der Waals surface area contributed by atoms with E-state index in [1.807, 2.05) is 30.3 Å². The number of rotatable bonds is 1. The summed E-state index contributed by atoms with van der Waals surface area (Å²) in [6.07, 6.45) is 1.79. The van der Waals surface area contributed by atoms with Gasteiger partial charge < -0.3 is 5.73 Å². The molecule has 0 saturated heterocycles. The second-order valence-electron chi connectivity index (χ2n) is 4.41. The first-order valence-corrected chi connectivity index (χ1v) is 5.79. The van der Waals surface area contributed by atoms with Crippen LogP contribution in [0.5, 0.6) is 0 Å². The quantitative estimate of drug-likeness (QED) is 0.756. The van der Waals surface area contributed by atoms with Crippen LogP contribution in [0.25, 0.3) is 10.9 Å². The molecule has 0 aliphatic rings. The van der Waals surface area contributed by atoms with Gasteiger partial charge in [0.2, 0.25) is 0 Å². The Morgan fingerprint density at radius 1 is 1.18 bits per heavy atom. The van der Waals surface area contributed by atoms with Crippen molar-refractivity contribution < 1.29 is 0 Å². The smallest absolute Gasteiger partial charge is 0.0714 e. The van der Waals surface area contributed by atoms with Gasteiger partial charge in [-0.15, -0.1) is 0 Å². The molecule has 2 N–H and O–H groups in total. The van der Waals surface area contributed by atoms with E-state index in [4.69, 9.17) is 5.73 Å². The van der Waals surface area contributed by atoms with Gasteiger partial charge in [-0.1, -0.05) is 37.8 Å². The Morgan fingerprint density at radius 3 is 2.76 bits per heavy atom. The molecule has 2 nitrogen and oxygen atoms in total. The van der Waals surface area contributed by atoms with Crippen LogP contribution in [-0.2, 0) is 0 Å². The van der Waals surface area contributed by atoms with E-state index < -0.39 is 0 Å². The van der Waals surface area contributed by atoms with Crippen LogP contribution < -0.4 is 5.73 Å². The van der Waals surface area contributed by atoms with Crippen molar-refractivity contribution in [3.05, 3.63) is 42.1 Å². The van der Waals surface area contributed by atoms with Crippen LogP contribution in [0.3, 0.4) is 0 Å². The number of fused-ring (bicyclic) bond motifs is 1. The lowest BCUT2D eigenvalue weighted by atomic mass is 10.0. The summed E-state index contributed by atoms with van der Waals surface area (Å²) in [5.74, 6) is 6.62. The molecule has 1 unspecified atom stereocenters. The molecule has 1 heterocycles. The maximum Gasteiger partial charge on any atom is 0.0714 e. The Hall–Kier alpha value is -1.85. The number of hydrogen-bond acceptors (Lipinski definition) is 2. The molecular weight excluding hydrogens is 208 g/mol. The van der Waals surface area contributed by atoms with Crippen molar-refractivity contribution in [2.45, 2.75) is 19.9 Å². The molecule has 0 spiro atoms. The molecule has 0 bridgehead atoms. The summed E-state index contributed by atoms with van der Waals surface area (Å²) in [5, 5.41) is 1.08. The fourth-order valence-corrected chi connectivity index (χ4v) is 1.54. The molecule has 0 fully saturated rings. The normalized spacial score (nSPS) is 12.2. The lowest BCUT2D eigenvalue weighted by Crippen LogP contribution is -2.23. The lowest BCUT2D eigenvalue weighted by molar-refractivity contribution is 0.584. The van der Waals surface area contributed by atoms with Crippen molar-refractivity contribution in [3.8, 4) is 11.8 Å². The van der Waals surface area contributed by atoms with Crippen LogP contribution in [0, 0.1) is 17.8 Å². The van der Waals surface area contributed by atoms with Gasteiger partial charge in [0.25, 0.3) is 0 Å². The second-order valence-corrected chi connectivity index (χ2v) is 4.41. The van der Waals surface area contributed by atoms with E-state index in [9.17, 15) is 0 Å². The van der Waals surface area contributed by atoms with Crippen LogP contribution >= 0.6 is 0 Å². The average Bonchev–Trinajstić information content (AvgIpc) is 2.35. The summed E-state index contributed by atoms with van der Waals surface area (Å²) in [7, 11) is 0. The molecule has 0 aliphatic carbocycles. The van der Waals surface area contributed by atoms with E-state index in [2.05, 4.69) is 30.7 Å². The third kappa shape index (κ3) is 2.64. The van der Waals surface area contributed by atoms with E-state index in [0.717, 1.165) is 16.5 Å². The van der Waals surface area contributed by atoms with Gasteiger partial charge in [-0.25, -0.2) is 0 Å². The summed E-state index contributed by atoms with van der Waals surface area (Å²) in [6.45, 7) is 4.15. The largest absolute Gasteiger partial charge is 0.317 e. The van der Waals surface area contributed by atoms with Gasteiger partial charge in [0.15, 0.2) is 0 Å². The molecular formula is C15H16N2. The summed E-state index contributed by atoms with van der Waals surface area (Å²) in [6, 6.07) is 9.85. The first-order chi connectivity index (χ1) is 8.18. The number of pyridine rings is 1. The number of nitrogens with two attached hydrogens (primary N) is 1. The molecule has 2 rings (SSSR count). The van der Waals surface area contributed by atoms with Gasteiger partial charge in [-0.2, -0.15) is 0 Å². The number of aromatic nitrogens is 1. The predicted molar refractivity (Wildman–Crippen MR) is 71.4 cm³/mol. The zero-order valence-electron chi connectivity index (χ0n) is 10.1. The Bertz CT molecular complexity index is 571. The van der Waals surface area contributed by atoms with Crippen molar-refractivity contribution in [3.63, 3.8) is 0 Å². The monoisotopic (exact) mass is 224 g/mol. The summed E-state index contributed by atoms with van der Waals surface area (Å²) in [5.41, 5.74) is 7.88. The maximum atomic E-state index is 5.92. The molecule has 0 radical (unpaired) electrons. The highest BCUT2D eigenvalue weighted by molar-refractivity contribution is 5.84. The van der Waals surface area contributed by atoms with Crippen LogP contribution in [0.15, 0.2) is 36.5 Å². The fraction of sp³-hybridized carbons (Fsp3) is 0.267. The lowest BCUT2D eigenvalue weighted by Gasteiger charge is -2.06. The number of benzene rings is 1. The molecule has 1 aromatic heterocycles. The van der Waals surface area contributed by atoms with Gasteiger partial charge in [0.1, 0.15) is 0 Å². The number of nitrogens with zero attached hydrogens (tertiary/aromatic N) is 1. The minimum atomic E-state index is -0.0815. The van der Waals surface area contributed by atoms with E-state index >= 15 is 0 Å². The van der Waals surface area contributed by atoms with Crippen molar-refractivity contribution in [2.75, 3.05) is 0 Å². The summed E-state index contributed by atoms with van der Waals surface area (Å²) in [4.78, 5) is 4.31. The van der Waals surface area contributed by atoms with Gasteiger partial charge in [0.05, 0.1) is 11.6 Å². The van der Waals surface area contributed by atoms with Crippen LogP contribution in [0.2, 0.25) is 0 Å². The van der Waals surface area contributed by atoms with Crippen molar-refractivity contribution >= 4 is 10.9 Å². The van der Waals surface area contributed by atoms with E-state index in [1.54, 1.807) is 6.20 Å². The minimum Gasteiger partial charge on any atom is -0.317 e. The first kappa shape index (κ1) is 11.6. The highest BCUT2D eigenvalue weighted by Crippen LogP contribution is 2.15. The maximum absolute atomic E-state index is 5.92. The topological polar surface area (TPSA) is 38.9 Å².